The van der Waals surface area contributed by atoms with Gasteiger partial charge in [0.2, 0.25) is 23.6 Å². The van der Waals surface area contributed by atoms with E-state index in [0.717, 1.165) is 43.6 Å². The summed E-state index contributed by atoms with van der Waals surface area (Å²) in [6.45, 7) is 18.7. The molecule has 51 heavy (non-hydrogen) atoms. The van der Waals surface area contributed by atoms with E-state index >= 15 is 0 Å². The SMILES string of the molecule is CCN(CC)CCCC[C@H](NC(=O)[C@H](CC(C)C)NC(=O)[C@H](C)NC(=O)[C@H](Cc1ccccc1)NC(=O)c1ccc(C(C)(C)C)cc1)C(=O)NC. The first-order valence-corrected chi connectivity index (χ1v) is 18.4. The van der Waals surface area contributed by atoms with E-state index in [9.17, 15) is 24.0 Å². The molecule has 2 aromatic carbocycles. The number of nitrogens with one attached hydrogen (secondary N) is 5. The van der Waals surface area contributed by atoms with Crippen molar-refractivity contribution >= 4 is 29.5 Å². The van der Waals surface area contributed by atoms with Gasteiger partial charge in [0.1, 0.15) is 24.2 Å². The van der Waals surface area contributed by atoms with E-state index in [0.29, 0.717) is 18.4 Å². The summed E-state index contributed by atoms with van der Waals surface area (Å²) in [5.74, 6) is -2.19. The van der Waals surface area contributed by atoms with Gasteiger partial charge in [-0.2, -0.15) is 0 Å². The average molecular weight is 707 g/mol. The lowest BCUT2D eigenvalue weighted by molar-refractivity contribution is -0.134. The van der Waals surface area contributed by atoms with Crippen LogP contribution in [0.3, 0.4) is 0 Å². The Bertz CT molecular complexity index is 1400. The molecule has 11 nitrogen and oxygen atoms in total. The Morgan fingerprint density at radius 1 is 0.686 bits per heavy atom. The third-order valence-electron chi connectivity index (χ3n) is 9.00. The molecule has 11 heteroatoms. The van der Waals surface area contributed by atoms with E-state index < -0.39 is 47.8 Å². The Balaban J connectivity index is 2.14. The molecule has 2 aromatic rings. The molecule has 0 unspecified atom stereocenters. The molecule has 0 saturated carbocycles. The minimum Gasteiger partial charge on any atom is -0.357 e. The van der Waals surface area contributed by atoms with Crippen LogP contribution in [0.2, 0.25) is 0 Å². The first-order chi connectivity index (χ1) is 24.1. The summed E-state index contributed by atoms with van der Waals surface area (Å²) in [5, 5.41) is 13.9. The standard InChI is InChI=1S/C40H62N6O5/c1-10-46(11-2)24-16-15-19-32(37(49)41-9)43-39(51)33(25-27(3)4)44-35(47)28(5)42-38(50)34(26-29-17-13-12-14-18-29)45-36(48)30-20-22-31(23-21-30)40(6,7)8/h12-14,17-18,20-23,27-28,32-34H,10-11,15-16,19,24-26H2,1-9H3,(H,41,49)(H,42,50)(H,43,51)(H,44,47)(H,45,48)/t28-,32-,33-,34-/m0/s1. The molecule has 0 radical (unpaired) electrons. The van der Waals surface area contributed by atoms with E-state index in [4.69, 9.17) is 0 Å². The zero-order valence-electron chi connectivity index (χ0n) is 32.2. The van der Waals surface area contributed by atoms with Gasteiger partial charge in [0, 0.05) is 19.0 Å². The van der Waals surface area contributed by atoms with Crippen molar-refractivity contribution in [3.05, 3.63) is 71.3 Å². The summed E-state index contributed by atoms with van der Waals surface area (Å²) in [6, 6.07) is 13.0. The van der Waals surface area contributed by atoms with E-state index in [1.54, 1.807) is 12.1 Å². The normalized spacial score (nSPS) is 13.9. The molecule has 0 aliphatic heterocycles. The molecule has 0 aliphatic rings. The van der Waals surface area contributed by atoms with Gasteiger partial charge in [-0.15, -0.1) is 0 Å². The van der Waals surface area contributed by atoms with Crippen LogP contribution in [0.1, 0.15) is 103 Å². The monoisotopic (exact) mass is 706 g/mol. The van der Waals surface area contributed by atoms with Crippen LogP contribution in [0.15, 0.2) is 54.6 Å². The third kappa shape index (κ3) is 14.9. The molecule has 5 amide bonds. The van der Waals surface area contributed by atoms with Crippen molar-refractivity contribution in [2.45, 2.75) is 117 Å². The summed E-state index contributed by atoms with van der Waals surface area (Å²) in [5.41, 5.74) is 2.26. The molecular formula is C40H62N6O5. The predicted molar refractivity (Wildman–Crippen MR) is 203 cm³/mol. The highest BCUT2D eigenvalue weighted by Gasteiger charge is 2.30. The van der Waals surface area contributed by atoms with Crippen molar-refractivity contribution in [3.63, 3.8) is 0 Å². The Labute approximate surface area is 305 Å². The highest BCUT2D eigenvalue weighted by Crippen LogP contribution is 2.22. The zero-order chi connectivity index (χ0) is 38.1. The molecule has 0 fully saturated rings. The minimum atomic E-state index is -1.02. The summed E-state index contributed by atoms with van der Waals surface area (Å²) >= 11 is 0. The maximum absolute atomic E-state index is 13.6. The molecule has 282 valence electrons. The largest absolute Gasteiger partial charge is 0.357 e. The van der Waals surface area contributed by atoms with Crippen molar-refractivity contribution in [3.8, 4) is 0 Å². The molecule has 0 bridgehead atoms. The average Bonchev–Trinajstić information content (AvgIpc) is 3.09. The third-order valence-corrected chi connectivity index (χ3v) is 9.00. The van der Waals surface area contributed by atoms with Crippen LogP contribution in [-0.4, -0.2) is 85.3 Å². The topological polar surface area (TPSA) is 149 Å². The van der Waals surface area contributed by atoms with Crippen molar-refractivity contribution in [1.82, 2.24) is 31.5 Å². The predicted octanol–water partition coefficient (Wildman–Crippen LogP) is 4.10. The molecule has 2 rings (SSSR count). The van der Waals surface area contributed by atoms with Gasteiger partial charge in [-0.25, -0.2) is 0 Å². The van der Waals surface area contributed by atoms with Crippen molar-refractivity contribution in [2.75, 3.05) is 26.7 Å². The second kappa shape index (κ2) is 21.2. The lowest BCUT2D eigenvalue weighted by Gasteiger charge is -2.26. The molecule has 0 spiro atoms. The van der Waals surface area contributed by atoms with Crippen molar-refractivity contribution in [1.29, 1.82) is 0 Å². The summed E-state index contributed by atoms with van der Waals surface area (Å²) in [7, 11) is 1.53. The Kier molecular flexibility index (Phi) is 17.8. The number of carbonyl (C=O) groups is 5. The minimum absolute atomic E-state index is 0.0569. The molecule has 0 aliphatic carbocycles. The Morgan fingerprint density at radius 2 is 1.27 bits per heavy atom. The fourth-order valence-corrected chi connectivity index (χ4v) is 5.74. The van der Waals surface area contributed by atoms with Crippen LogP contribution < -0.4 is 26.6 Å². The number of nitrogens with zero attached hydrogens (tertiary/aromatic N) is 1. The maximum atomic E-state index is 13.6. The van der Waals surface area contributed by atoms with Crippen molar-refractivity contribution in [2.24, 2.45) is 5.92 Å². The summed E-state index contributed by atoms with van der Waals surface area (Å²) < 4.78 is 0. The summed E-state index contributed by atoms with van der Waals surface area (Å²) in [4.78, 5) is 68.9. The smallest absolute Gasteiger partial charge is 0.251 e. The zero-order valence-corrected chi connectivity index (χ0v) is 32.2. The van der Waals surface area contributed by atoms with E-state index in [-0.39, 0.29) is 23.7 Å². The number of benzene rings is 2. The van der Waals surface area contributed by atoms with Gasteiger partial charge in [0.05, 0.1) is 0 Å². The number of hydrogen-bond acceptors (Lipinski definition) is 6. The quantitative estimate of drug-likeness (QED) is 0.131. The van der Waals surface area contributed by atoms with Crippen LogP contribution in [0.4, 0.5) is 0 Å². The lowest BCUT2D eigenvalue weighted by Crippen LogP contribution is -2.58. The molecule has 5 N–H and O–H groups in total. The van der Waals surface area contributed by atoms with Crippen LogP contribution >= 0.6 is 0 Å². The van der Waals surface area contributed by atoms with Crippen molar-refractivity contribution < 1.29 is 24.0 Å². The highest BCUT2D eigenvalue weighted by molar-refractivity contribution is 5.99. The van der Waals surface area contributed by atoms with Gasteiger partial charge < -0.3 is 31.5 Å². The Hall–Kier alpha value is -4.25. The van der Waals surface area contributed by atoms with E-state index in [1.165, 1.54) is 14.0 Å². The molecule has 0 saturated heterocycles. The second-order valence-electron chi connectivity index (χ2n) is 14.7. The Morgan fingerprint density at radius 3 is 1.82 bits per heavy atom. The first-order valence-electron chi connectivity index (χ1n) is 18.4. The van der Waals surface area contributed by atoms with Gasteiger partial charge in [0.15, 0.2) is 0 Å². The number of amides is 5. The number of hydrogen-bond donors (Lipinski definition) is 5. The fourth-order valence-electron chi connectivity index (χ4n) is 5.74. The van der Waals surface area contributed by atoms with Crippen LogP contribution in [0.5, 0.6) is 0 Å². The van der Waals surface area contributed by atoms with Gasteiger partial charge in [-0.05, 0) is 86.8 Å². The van der Waals surface area contributed by atoms with Crippen LogP contribution in [0.25, 0.3) is 0 Å². The van der Waals surface area contributed by atoms with Crippen LogP contribution in [-0.2, 0) is 31.0 Å². The van der Waals surface area contributed by atoms with Gasteiger partial charge in [-0.3, -0.25) is 24.0 Å². The van der Waals surface area contributed by atoms with E-state index in [1.807, 2.05) is 56.3 Å². The number of likely N-dealkylation sites (N-methyl/N-ethyl adjacent to an activating group) is 1. The number of carbonyl (C=O) groups excluding carboxylic acids is 5. The van der Waals surface area contributed by atoms with Gasteiger partial charge >= 0.3 is 0 Å². The van der Waals surface area contributed by atoms with Crippen LogP contribution in [0, 0.1) is 5.92 Å². The molecule has 0 aromatic heterocycles. The van der Waals surface area contributed by atoms with Gasteiger partial charge in [-0.1, -0.05) is 90.9 Å². The highest BCUT2D eigenvalue weighted by atomic mass is 16.2. The lowest BCUT2D eigenvalue weighted by atomic mass is 9.86. The first kappa shape index (κ1) is 42.9. The second-order valence-corrected chi connectivity index (χ2v) is 14.7. The number of unbranched alkanes of at least 4 members (excludes halogenated alkanes) is 1. The fraction of sp³-hybridized carbons (Fsp3) is 0.575. The molecular weight excluding hydrogens is 644 g/mol. The van der Waals surface area contributed by atoms with Gasteiger partial charge in [0.25, 0.3) is 5.91 Å². The number of rotatable bonds is 20. The molecule has 4 atom stereocenters. The maximum Gasteiger partial charge on any atom is 0.251 e. The summed E-state index contributed by atoms with van der Waals surface area (Å²) in [6.07, 6.45) is 2.66. The van der Waals surface area contributed by atoms with E-state index in [2.05, 4.69) is 66.1 Å². The molecule has 0 heterocycles.